The van der Waals surface area contributed by atoms with E-state index >= 15 is 0 Å². The summed E-state index contributed by atoms with van der Waals surface area (Å²) in [5, 5.41) is 13.1. The highest BCUT2D eigenvalue weighted by Gasteiger charge is 2.14. The largest absolute Gasteiger partial charge is 0.328 e. The van der Waals surface area contributed by atoms with Gasteiger partial charge in [0.05, 0.1) is 6.04 Å². The lowest BCUT2D eigenvalue weighted by molar-refractivity contribution is 0.249. The molecule has 2 heterocycles. The Balaban J connectivity index is 1.62. The zero-order valence-corrected chi connectivity index (χ0v) is 13.6. The van der Waals surface area contributed by atoms with Gasteiger partial charge in [0.2, 0.25) is 0 Å². The van der Waals surface area contributed by atoms with Crippen LogP contribution in [-0.2, 0) is 0 Å². The summed E-state index contributed by atoms with van der Waals surface area (Å²) in [6.07, 6.45) is 3.35. The highest BCUT2D eigenvalue weighted by Crippen LogP contribution is 2.16. The number of nitrogens with one attached hydrogen (secondary N) is 3. The first-order valence-electron chi connectivity index (χ1n) is 7.27. The lowest BCUT2D eigenvalue weighted by atomic mass is 10.2. The Bertz CT molecular complexity index is 818. The lowest BCUT2D eigenvalue weighted by Crippen LogP contribution is -2.31. The fourth-order valence-corrected chi connectivity index (χ4v) is 2.19. The van der Waals surface area contributed by atoms with Gasteiger partial charge in [-0.25, -0.2) is 9.78 Å². The van der Waals surface area contributed by atoms with Crippen LogP contribution in [0.5, 0.6) is 0 Å². The monoisotopic (exact) mass is 342 g/mol. The van der Waals surface area contributed by atoms with Gasteiger partial charge in [-0.05, 0) is 43.3 Å². The van der Waals surface area contributed by atoms with Gasteiger partial charge in [0, 0.05) is 28.7 Å². The molecule has 2 amide bonds. The zero-order chi connectivity index (χ0) is 16.9. The second-order valence-corrected chi connectivity index (χ2v) is 5.54. The third-order valence-corrected chi connectivity index (χ3v) is 3.55. The Hall–Kier alpha value is -2.93. The molecule has 0 aliphatic rings. The smallest absolute Gasteiger partial charge is 0.319 e. The fourth-order valence-electron chi connectivity index (χ4n) is 2.06. The molecule has 0 unspecified atom stereocenters. The van der Waals surface area contributed by atoms with Crippen LogP contribution >= 0.6 is 11.6 Å². The molecule has 24 heavy (non-hydrogen) atoms. The molecule has 0 saturated carbocycles. The van der Waals surface area contributed by atoms with E-state index in [1.807, 2.05) is 19.1 Å². The number of urea groups is 1. The Morgan fingerprint density at radius 1 is 1.17 bits per heavy atom. The van der Waals surface area contributed by atoms with Crippen molar-refractivity contribution in [2.24, 2.45) is 0 Å². The van der Waals surface area contributed by atoms with Gasteiger partial charge >= 0.3 is 6.03 Å². The second-order valence-electron chi connectivity index (χ2n) is 5.11. The molecular weight excluding hydrogens is 328 g/mol. The standard InChI is InChI=1S/C16H15ClN6O/c1-10(19-16(24)20-13-4-2-12(17)3-5-13)14-21-15(23-22-14)11-6-8-18-9-7-11/h2-10H,1H3,(H2,19,20,24)(H,21,22,23)/t10-/m0/s1. The maximum atomic E-state index is 12.0. The first-order chi connectivity index (χ1) is 11.6. The normalized spacial score (nSPS) is 11.8. The maximum Gasteiger partial charge on any atom is 0.319 e. The quantitative estimate of drug-likeness (QED) is 0.677. The molecule has 0 bridgehead atoms. The number of aromatic amines is 1. The summed E-state index contributed by atoms with van der Waals surface area (Å²) >= 11 is 5.81. The van der Waals surface area contributed by atoms with Crippen LogP contribution in [0, 0.1) is 0 Å². The molecule has 2 aromatic heterocycles. The van der Waals surface area contributed by atoms with Crippen LogP contribution in [0.25, 0.3) is 11.4 Å². The highest BCUT2D eigenvalue weighted by molar-refractivity contribution is 6.30. The number of anilines is 1. The average molecular weight is 343 g/mol. The van der Waals surface area contributed by atoms with Gasteiger partial charge in [-0.2, -0.15) is 5.10 Å². The molecule has 0 aliphatic heterocycles. The maximum absolute atomic E-state index is 12.0. The number of hydrogen-bond acceptors (Lipinski definition) is 4. The van der Waals surface area contributed by atoms with Crippen molar-refractivity contribution in [1.82, 2.24) is 25.5 Å². The van der Waals surface area contributed by atoms with Crippen molar-refractivity contribution in [2.45, 2.75) is 13.0 Å². The van der Waals surface area contributed by atoms with Crippen LogP contribution in [0.4, 0.5) is 10.5 Å². The van der Waals surface area contributed by atoms with E-state index in [9.17, 15) is 4.79 Å². The lowest BCUT2D eigenvalue weighted by Gasteiger charge is -2.12. The first kappa shape index (κ1) is 15.9. The van der Waals surface area contributed by atoms with Crippen LogP contribution in [0.2, 0.25) is 5.02 Å². The second kappa shape index (κ2) is 7.10. The van der Waals surface area contributed by atoms with Gasteiger partial charge in [-0.15, -0.1) is 0 Å². The Morgan fingerprint density at radius 2 is 1.88 bits per heavy atom. The van der Waals surface area contributed by atoms with Gasteiger partial charge < -0.3 is 10.6 Å². The molecule has 1 atom stereocenters. The minimum absolute atomic E-state index is 0.333. The number of nitrogens with zero attached hydrogens (tertiary/aromatic N) is 3. The number of rotatable bonds is 4. The van der Waals surface area contributed by atoms with E-state index in [0.717, 1.165) is 5.56 Å². The molecule has 1 aromatic carbocycles. The van der Waals surface area contributed by atoms with E-state index < -0.39 is 0 Å². The number of pyridine rings is 1. The van der Waals surface area contributed by atoms with Crippen LogP contribution < -0.4 is 10.6 Å². The zero-order valence-electron chi connectivity index (χ0n) is 12.8. The number of carbonyl (C=O) groups excluding carboxylic acids is 1. The highest BCUT2D eigenvalue weighted by atomic mass is 35.5. The summed E-state index contributed by atoms with van der Waals surface area (Å²) in [7, 11) is 0. The fraction of sp³-hybridized carbons (Fsp3) is 0.125. The molecule has 0 spiro atoms. The van der Waals surface area contributed by atoms with Crippen molar-refractivity contribution in [3.63, 3.8) is 0 Å². The van der Waals surface area contributed by atoms with Crippen LogP contribution in [-0.4, -0.2) is 26.2 Å². The topological polar surface area (TPSA) is 95.6 Å². The Morgan fingerprint density at radius 3 is 2.58 bits per heavy atom. The number of carbonyl (C=O) groups is 1. The van der Waals surface area contributed by atoms with Gasteiger partial charge in [0.15, 0.2) is 5.82 Å². The minimum Gasteiger partial charge on any atom is -0.328 e. The Labute approximate surface area is 143 Å². The molecule has 3 rings (SSSR count). The number of amides is 2. The van der Waals surface area contributed by atoms with Crippen LogP contribution in [0.1, 0.15) is 18.8 Å². The first-order valence-corrected chi connectivity index (χ1v) is 7.65. The molecule has 122 valence electrons. The van der Waals surface area contributed by atoms with Crippen LogP contribution in [0.15, 0.2) is 48.8 Å². The molecule has 0 fully saturated rings. The number of hydrogen-bond donors (Lipinski definition) is 3. The van der Waals surface area contributed by atoms with Gasteiger partial charge in [0.25, 0.3) is 0 Å². The van der Waals surface area contributed by atoms with Crippen LogP contribution in [0.3, 0.4) is 0 Å². The molecule has 3 aromatic rings. The van der Waals surface area contributed by atoms with Crippen molar-refractivity contribution in [2.75, 3.05) is 5.32 Å². The van der Waals surface area contributed by atoms with E-state index in [0.29, 0.717) is 22.4 Å². The predicted molar refractivity (Wildman–Crippen MR) is 91.6 cm³/mol. The molecule has 7 nitrogen and oxygen atoms in total. The van der Waals surface area contributed by atoms with Crippen molar-refractivity contribution in [3.05, 3.63) is 59.6 Å². The predicted octanol–water partition coefficient (Wildman–Crippen LogP) is 3.40. The van der Waals surface area contributed by atoms with E-state index in [1.54, 1.807) is 36.7 Å². The number of halogens is 1. The summed E-state index contributed by atoms with van der Waals surface area (Å²) in [5.74, 6) is 1.12. The van der Waals surface area contributed by atoms with E-state index in [-0.39, 0.29) is 12.1 Å². The minimum atomic E-state index is -0.341. The molecule has 0 aliphatic carbocycles. The summed E-state index contributed by atoms with van der Waals surface area (Å²) < 4.78 is 0. The van der Waals surface area contributed by atoms with E-state index in [4.69, 9.17) is 11.6 Å². The molecular formula is C16H15ClN6O. The molecule has 0 radical (unpaired) electrons. The van der Waals surface area contributed by atoms with Gasteiger partial charge in [-0.3, -0.25) is 10.1 Å². The summed E-state index contributed by atoms with van der Waals surface area (Å²) in [6, 6.07) is 9.82. The number of benzene rings is 1. The third-order valence-electron chi connectivity index (χ3n) is 3.30. The van der Waals surface area contributed by atoms with E-state index in [2.05, 4.69) is 30.8 Å². The number of aromatic nitrogens is 4. The summed E-state index contributed by atoms with van der Waals surface area (Å²) in [6.45, 7) is 1.82. The Kier molecular flexibility index (Phi) is 4.72. The average Bonchev–Trinajstić information content (AvgIpc) is 3.08. The van der Waals surface area contributed by atoms with Crippen molar-refractivity contribution < 1.29 is 4.79 Å². The van der Waals surface area contributed by atoms with Crippen molar-refractivity contribution >= 4 is 23.3 Å². The molecule has 0 saturated heterocycles. The summed E-state index contributed by atoms with van der Waals surface area (Å²) in [4.78, 5) is 20.4. The third kappa shape index (κ3) is 3.88. The van der Waals surface area contributed by atoms with Crippen molar-refractivity contribution in [1.29, 1.82) is 0 Å². The molecule has 3 N–H and O–H groups in total. The summed E-state index contributed by atoms with van der Waals surface area (Å²) in [5.41, 5.74) is 1.50. The van der Waals surface area contributed by atoms with Crippen molar-refractivity contribution in [3.8, 4) is 11.4 Å². The molecule has 8 heteroatoms. The van der Waals surface area contributed by atoms with E-state index in [1.165, 1.54) is 0 Å². The van der Waals surface area contributed by atoms with Gasteiger partial charge in [0.1, 0.15) is 5.82 Å². The van der Waals surface area contributed by atoms with Gasteiger partial charge in [-0.1, -0.05) is 11.6 Å². The SMILES string of the molecule is C[C@H](NC(=O)Nc1ccc(Cl)cc1)c1nc(-c2ccncc2)n[nH]1. The number of H-pyrrole nitrogens is 1.